The fourth-order valence-corrected chi connectivity index (χ4v) is 1.71. The first-order valence-electron chi connectivity index (χ1n) is 5.37. The van der Waals surface area contributed by atoms with E-state index in [0.29, 0.717) is 12.3 Å². The molecule has 76 valence electrons. The number of carbonyl (C=O) groups is 1. The number of carbonyl (C=O) groups excluding carboxylic acids is 1. The van der Waals surface area contributed by atoms with Gasteiger partial charge in [0.05, 0.1) is 0 Å². The summed E-state index contributed by atoms with van der Waals surface area (Å²) in [6.07, 6.45) is 5.21. The lowest BCUT2D eigenvalue weighted by atomic mass is 9.91. The van der Waals surface area contributed by atoms with Crippen LogP contribution in [-0.2, 0) is 4.79 Å². The Morgan fingerprint density at radius 3 is 2.57 bits per heavy atom. The number of rotatable bonds is 6. The molecule has 1 heteroatoms. The summed E-state index contributed by atoms with van der Waals surface area (Å²) >= 11 is 0. The van der Waals surface area contributed by atoms with Crippen molar-refractivity contribution in [3.05, 3.63) is 35.9 Å². The van der Waals surface area contributed by atoms with E-state index < -0.39 is 0 Å². The molecule has 0 unspecified atom stereocenters. The third kappa shape index (κ3) is 3.33. The second-order valence-corrected chi connectivity index (χ2v) is 3.65. The SMILES string of the molecule is CCCC[C@H](CC=O)c1ccccc1. The summed E-state index contributed by atoms with van der Waals surface area (Å²) < 4.78 is 0. The van der Waals surface area contributed by atoms with Crippen LogP contribution in [0, 0.1) is 0 Å². The summed E-state index contributed by atoms with van der Waals surface area (Å²) in [6, 6.07) is 10.3. The van der Waals surface area contributed by atoms with Crippen LogP contribution in [0.25, 0.3) is 0 Å². The number of hydrogen-bond acceptors (Lipinski definition) is 1. The van der Waals surface area contributed by atoms with Crippen molar-refractivity contribution in [2.75, 3.05) is 0 Å². The molecule has 0 aromatic heterocycles. The Kier molecular flexibility index (Phi) is 4.98. The van der Waals surface area contributed by atoms with Crippen LogP contribution in [0.1, 0.15) is 44.1 Å². The lowest BCUT2D eigenvalue weighted by molar-refractivity contribution is -0.108. The first-order chi connectivity index (χ1) is 6.88. The second kappa shape index (κ2) is 6.36. The van der Waals surface area contributed by atoms with Crippen molar-refractivity contribution < 1.29 is 4.79 Å². The van der Waals surface area contributed by atoms with Crippen LogP contribution in [0.2, 0.25) is 0 Å². The molecule has 1 rings (SSSR count). The smallest absolute Gasteiger partial charge is 0.120 e. The Hall–Kier alpha value is -1.11. The predicted molar refractivity (Wildman–Crippen MR) is 59.4 cm³/mol. The highest BCUT2D eigenvalue weighted by Crippen LogP contribution is 2.24. The first kappa shape index (κ1) is 11.0. The molecule has 0 saturated heterocycles. The first-order valence-corrected chi connectivity index (χ1v) is 5.37. The summed E-state index contributed by atoms with van der Waals surface area (Å²) in [7, 11) is 0. The topological polar surface area (TPSA) is 17.1 Å². The molecule has 1 aromatic rings. The van der Waals surface area contributed by atoms with Crippen LogP contribution in [0.3, 0.4) is 0 Å². The van der Waals surface area contributed by atoms with Gasteiger partial charge in [-0.05, 0) is 17.9 Å². The van der Waals surface area contributed by atoms with Gasteiger partial charge >= 0.3 is 0 Å². The van der Waals surface area contributed by atoms with E-state index in [-0.39, 0.29) is 0 Å². The van der Waals surface area contributed by atoms with Gasteiger partial charge in [-0.1, -0.05) is 50.1 Å². The number of benzene rings is 1. The predicted octanol–water partition coefficient (Wildman–Crippen LogP) is 3.55. The van der Waals surface area contributed by atoms with E-state index in [1.807, 2.05) is 18.2 Å². The highest BCUT2D eigenvalue weighted by Gasteiger charge is 2.09. The molecule has 1 nitrogen and oxygen atoms in total. The maximum atomic E-state index is 10.6. The van der Waals surface area contributed by atoms with Crippen molar-refractivity contribution in [1.82, 2.24) is 0 Å². The van der Waals surface area contributed by atoms with Crippen LogP contribution >= 0.6 is 0 Å². The summed E-state index contributed by atoms with van der Waals surface area (Å²) in [5.74, 6) is 0.425. The van der Waals surface area contributed by atoms with E-state index in [9.17, 15) is 4.79 Å². The fourth-order valence-electron chi connectivity index (χ4n) is 1.71. The Bertz CT molecular complexity index is 253. The zero-order valence-electron chi connectivity index (χ0n) is 8.78. The summed E-state index contributed by atoms with van der Waals surface area (Å²) in [6.45, 7) is 2.18. The highest BCUT2D eigenvalue weighted by molar-refractivity contribution is 5.51. The lowest BCUT2D eigenvalue weighted by Gasteiger charge is -2.13. The standard InChI is InChI=1S/C13H18O/c1-2-3-7-13(10-11-14)12-8-5-4-6-9-12/h4-6,8-9,11,13H,2-3,7,10H2,1H3/t13-/m1/s1. The molecule has 0 spiro atoms. The van der Waals surface area contributed by atoms with Crippen LogP contribution in [0.4, 0.5) is 0 Å². The van der Waals surface area contributed by atoms with Gasteiger partial charge in [0.2, 0.25) is 0 Å². The zero-order chi connectivity index (χ0) is 10.2. The second-order valence-electron chi connectivity index (χ2n) is 3.65. The largest absolute Gasteiger partial charge is 0.303 e. The lowest BCUT2D eigenvalue weighted by Crippen LogP contribution is -1.99. The van der Waals surface area contributed by atoms with Crippen molar-refractivity contribution in [2.45, 2.75) is 38.5 Å². The zero-order valence-corrected chi connectivity index (χ0v) is 8.78. The van der Waals surface area contributed by atoms with E-state index in [2.05, 4.69) is 19.1 Å². The summed E-state index contributed by atoms with van der Waals surface area (Å²) in [4.78, 5) is 10.6. The van der Waals surface area contributed by atoms with Gasteiger partial charge in [-0.15, -0.1) is 0 Å². The van der Waals surface area contributed by atoms with Crippen molar-refractivity contribution in [2.24, 2.45) is 0 Å². The third-order valence-electron chi connectivity index (χ3n) is 2.56. The Morgan fingerprint density at radius 2 is 2.00 bits per heavy atom. The Morgan fingerprint density at radius 1 is 1.29 bits per heavy atom. The van der Waals surface area contributed by atoms with Crippen LogP contribution in [-0.4, -0.2) is 6.29 Å². The maximum Gasteiger partial charge on any atom is 0.120 e. The quantitative estimate of drug-likeness (QED) is 0.627. The van der Waals surface area contributed by atoms with Gasteiger partial charge in [0.15, 0.2) is 0 Å². The molecule has 0 aliphatic rings. The van der Waals surface area contributed by atoms with E-state index in [0.717, 1.165) is 12.7 Å². The van der Waals surface area contributed by atoms with Crippen LogP contribution in [0.5, 0.6) is 0 Å². The molecule has 1 aromatic carbocycles. The average molecular weight is 190 g/mol. The van der Waals surface area contributed by atoms with E-state index in [1.54, 1.807) is 0 Å². The van der Waals surface area contributed by atoms with Gasteiger partial charge < -0.3 is 4.79 Å². The van der Waals surface area contributed by atoms with Gasteiger partial charge in [-0.2, -0.15) is 0 Å². The summed E-state index contributed by atoms with van der Waals surface area (Å²) in [5.41, 5.74) is 1.30. The minimum absolute atomic E-state index is 0.425. The molecule has 0 aliphatic heterocycles. The van der Waals surface area contributed by atoms with E-state index in [1.165, 1.54) is 18.4 Å². The molecule has 14 heavy (non-hydrogen) atoms. The molecule has 0 saturated carbocycles. The summed E-state index contributed by atoms with van der Waals surface area (Å²) in [5, 5.41) is 0. The van der Waals surface area contributed by atoms with Gasteiger partial charge in [-0.3, -0.25) is 0 Å². The number of unbranched alkanes of at least 4 members (excludes halogenated alkanes) is 1. The highest BCUT2D eigenvalue weighted by atomic mass is 16.1. The van der Waals surface area contributed by atoms with E-state index >= 15 is 0 Å². The monoisotopic (exact) mass is 190 g/mol. The number of aldehydes is 1. The molecule has 1 atom stereocenters. The molecule has 0 aliphatic carbocycles. The minimum Gasteiger partial charge on any atom is -0.303 e. The minimum atomic E-state index is 0.425. The molecule has 0 radical (unpaired) electrons. The Balaban J connectivity index is 2.62. The van der Waals surface area contributed by atoms with Crippen molar-refractivity contribution in [1.29, 1.82) is 0 Å². The molecular formula is C13H18O. The van der Waals surface area contributed by atoms with Crippen LogP contribution < -0.4 is 0 Å². The third-order valence-corrected chi connectivity index (χ3v) is 2.56. The normalized spacial score (nSPS) is 12.4. The van der Waals surface area contributed by atoms with E-state index in [4.69, 9.17) is 0 Å². The van der Waals surface area contributed by atoms with Gasteiger partial charge in [-0.25, -0.2) is 0 Å². The molecular weight excluding hydrogens is 172 g/mol. The van der Waals surface area contributed by atoms with Crippen molar-refractivity contribution in [3.8, 4) is 0 Å². The van der Waals surface area contributed by atoms with Gasteiger partial charge in [0.1, 0.15) is 6.29 Å². The fraction of sp³-hybridized carbons (Fsp3) is 0.462. The maximum absolute atomic E-state index is 10.6. The molecule has 0 fully saturated rings. The van der Waals surface area contributed by atoms with Gasteiger partial charge in [0, 0.05) is 6.42 Å². The average Bonchev–Trinajstić information content (AvgIpc) is 2.25. The molecule has 0 N–H and O–H groups in total. The number of hydrogen-bond donors (Lipinski definition) is 0. The van der Waals surface area contributed by atoms with Crippen molar-refractivity contribution in [3.63, 3.8) is 0 Å². The Labute approximate surface area is 86.1 Å². The molecule has 0 bridgehead atoms. The van der Waals surface area contributed by atoms with Gasteiger partial charge in [0.25, 0.3) is 0 Å². The molecule has 0 heterocycles. The molecule has 0 amide bonds. The van der Waals surface area contributed by atoms with Crippen LogP contribution in [0.15, 0.2) is 30.3 Å². The van der Waals surface area contributed by atoms with Crippen molar-refractivity contribution >= 4 is 6.29 Å².